The molecule has 0 fully saturated rings. The van der Waals surface area contributed by atoms with Gasteiger partial charge in [-0.2, -0.15) is 10.5 Å². The number of hydrogen-bond acceptors (Lipinski definition) is 5. The van der Waals surface area contributed by atoms with Gasteiger partial charge in [-0.25, -0.2) is 9.59 Å². The SMILES string of the molecule is N#C/C(=C\c1ccc(/C=C/c2ccc(N(c3ccc(/C=C(/c4ccccc4)c4ccc5ccccc5c4)cc3)c3ccc(/C=C/c4ccc(/C=C(\C#N)C(=O)O)cc4)cc3)cc2)cc1)C(=O)O. The summed E-state index contributed by atoms with van der Waals surface area (Å²) in [6.07, 6.45) is 12.9. The van der Waals surface area contributed by atoms with Gasteiger partial charge in [0.2, 0.25) is 0 Å². The number of nitrogens with zero attached hydrogens (tertiary/aromatic N) is 3. The largest absolute Gasteiger partial charge is 0.477 e. The van der Waals surface area contributed by atoms with Gasteiger partial charge in [0.25, 0.3) is 0 Å². The second kappa shape index (κ2) is 20.7. The second-order valence-corrected chi connectivity index (χ2v) is 15.5. The first-order valence-electron chi connectivity index (χ1n) is 21.4. The zero-order valence-corrected chi connectivity index (χ0v) is 36.1. The van der Waals surface area contributed by atoms with Crippen molar-refractivity contribution in [3.8, 4) is 12.1 Å². The fourth-order valence-corrected chi connectivity index (χ4v) is 7.52. The van der Waals surface area contributed by atoms with Gasteiger partial charge < -0.3 is 15.1 Å². The van der Waals surface area contributed by atoms with Gasteiger partial charge in [0.05, 0.1) is 0 Å². The van der Waals surface area contributed by atoms with Crippen molar-refractivity contribution in [3.05, 3.63) is 255 Å². The zero-order chi connectivity index (χ0) is 46.5. The lowest BCUT2D eigenvalue weighted by Crippen LogP contribution is -2.09. The Balaban J connectivity index is 1.09. The molecule has 2 N–H and O–H groups in total. The number of benzene rings is 8. The molecule has 0 spiro atoms. The quantitative estimate of drug-likeness (QED) is 0.0633. The third-order valence-electron chi connectivity index (χ3n) is 11.0. The first-order chi connectivity index (χ1) is 32.7. The van der Waals surface area contributed by atoms with Crippen molar-refractivity contribution in [2.45, 2.75) is 0 Å². The van der Waals surface area contributed by atoms with Crippen LogP contribution in [-0.4, -0.2) is 22.2 Å². The number of nitriles is 2. The topological polar surface area (TPSA) is 125 Å². The smallest absolute Gasteiger partial charge is 0.346 e. The lowest BCUT2D eigenvalue weighted by atomic mass is 9.94. The minimum atomic E-state index is -1.26. The van der Waals surface area contributed by atoms with Gasteiger partial charge in [0.15, 0.2) is 0 Å². The van der Waals surface area contributed by atoms with E-state index in [1.807, 2.05) is 54.6 Å². The summed E-state index contributed by atoms with van der Waals surface area (Å²) < 4.78 is 0. The third-order valence-corrected chi connectivity index (χ3v) is 11.0. The number of rotatable bonds is 14. The molecule has 0 unspecified atom stereocenters. The molecular formula is C60H41N3O4. The molecule has 0 radical (unpaired) electrons. The van der Waals surface area contributed by atoms with E-state index in [1.165, 1.54) is 22.9 Å². The summed E-state index contributed by atoms with van der Waals surface area (Å²) in [5, 5.41) is 39.0. The van der Waals surface area contributed by atoms with Crippen LogP contribution in [0.15, 0.2) is 205 Å². The normalized spacial score (nSPS) is 11.9. The summed E-state index contributed by atoms with van der Waals surface area (Å²) in [6, 6.07) is 68.7. The Morgan fingerprint density at radius 1 is 0.388 bits per heavy atom. The summed E-state index contributed by atoms with van der Waals surface area (Å²) in [5.74, 6) is -2.52. The summed E-state index contributed by atoms with van der Waals surface area (Å²) in [7, 11) is 0. The van der Waals surface area contributed by atoms with E-state index in [0.29, 0.717) is 11.1 Å². The molecular weight excluding hydrogens is 827 g/mol. The summed E-state index contributed by atoms with van der Waals surface area (Å²) in [4.78, 5) is 24.7. The predicted molar refractivity (Wildman–Crippen MR) is 272 cm³/mol. The number of carboxylic acid groups (broad SMARTS) is 2. The average Bonchev–Trinajstić information content (AvgIpc) is 3.37. The molecule has 0 aliphatic heterocycles. The molecule has 0 aliphatic carbocycles. The minimum absolute atomic E-state index is 0.321. The van der Waals surface area contributed by atoms with Crippen molar-refractivity contribution in [2.24, 2.45) is 0 Å². The Morgan fingerprint density at radius 3 is 1.16 bits per heavy atom. The van der Waals surface area contributed by atoms with Gasteiger partial charge in [-0.3, -0.25) is 0 Å². The van der Waals surface area contributed by atoms with E-state index in [2.05, 4.69) is 151 Å². The van der Waals surface area contributed by atoms with E-state index in [4.69, 9.17) is 10.5 Å². The maximum absolute atomic E-state index is 11.3. The number of aliphatic carboxylic acids is 2. The third kappa shape index (κ3) is 11.2. The molecule has 0 aromatic heterocycles. The van der Waals surface area contributed by atoms with E-state index >= 15 is 0 Å². The van der Waals surface area contributed by atoms with Crippen molar-refractivity contribution in [1.82, 2.24) is 0 Å². The van der Waals surface area contributed by atoms with Crippen molar-refractivity contribution >= 4 is 87.9 Å². The van der Waals surface area contributed by atoms with Crippen LogP contribution in [-0.2, 0) is 9.59 Å². The maximum Gasteiger partial charge on any atom is 0.346 e. The Hall–Kier alpha value is -9.56. The van der Waals surface area contributed by atoms with Crippen LogP contribution in [0.1, 0.15) is 50.1 Å². The lowest BCUT2D eigenvalue weighted by Gasteiger charge is -2.26. The van der Waals surface area contributed by atoms with E-state index < -0.39 is 11.9 Å². The molecule has 0 bridgehead atoms. The Morgan fingerprint density at radius 2 is 0.746 bits per heavy atom. The molecule has 8 rings (SSSR count). The molecule has 67 heavy (non-hydrogen) atoms. The van der Waals surface area contributed by atoms with E-state index in [9.17, 15) is 19.8 Å². The molecule has 0 saturated heterocycles. The fraction of sp³-hybridized carbons (Fsp3) is 0. The minimum Gasteiger partial charge on any atom is -0.477 e. The highest BCUT2D eigenvalue weighted by molar-refractivity contribution is 5.98. The molecule has 320 valence electrons. The van der Waals surface area contributed by atoms with Crippen LogP contribution in [0.25, 0.3) is 58.9 Å². The van der Waals surface area contributed by atoms with E-state index in [-0.39, 0.29) is 11.1 Å². The molecule has 8 aromatic carbocycles. The van der Waals surface area contributed by atoms with Crippen LogP contribution >= 0.6 is 0 Å². The molecule has 0 saturated carbocycles. The van der Waals surface area contributed by atoms with Crippen LogP contribution in [0.2, 0.25) is 0 Å². The monoisotopic (exact) mass is 867 g/mol. The van der Waals surface area contributed by atoms with Crippen LogP contribution in [0, 0.1) is 22.7 Å². The van der Waals surface area contributed by atoms with Crippen molar-refractivity contribution in [1.29, 1.82) is 10.5 Å². The highest BCUT2D eigenvalue weighted by atomic mass is 16.4. The first kappa shape index (κ1) is 44.1. The molecule has 0 amide bonds. The number of fused-ring (bicyclic) bond motifs is 1. The van der Waals surface area contributed by atoms with Gasteiger partial charge >= 0.3 is 11.9 Å². The maximum atomic E-state index is 11.3. The van der Waals surface area contributed by atoms with Gasteiger partial charge in [0, 0.05) is 17.1 Å². The van der Waals surface area contributed by atoms with Crippen LogP contribution in [0.3, 0.4) is 0 Å². The van der Waals surface area contributed by atoms with Gasteiger partial charge in [0.1, 0.15) is 23.3 Å². The molecule has 8 aromatic rings. The van der Waals surface area contributed by atoms with Crippen LogP contribution in [0.5, 0.6) is 0 Å². The standard InChI is InChI=1S/C60H41N3O4/c61-40-53(59(64)65)36-46-18-14-42(15-19-46)10-12-44-22-30-55(31-23-44)63(56-32-24-45(25-33-56)13-11-43-16-20-47(21-17-43)37-54(41-62)60(66)67)57-34-26-48(27-35-57)38-58(50-7-2-1-3-8-50)52-29-28-49-6-4-5-9-51(49)39-52/h1-39H,(H,64,65)(H,66,67)/b12-10+,13-11+,53-36+,54-37+,58-38-. The second-order valence-electron chi connectivity index (χ2n) is 15.5. The molecule has 0 aliphatic rings. The van der Waals surface area contributed by atoms with Gasteiger partial charge in [-0.15, -0.1) is 0 Å². The Kier molecular flexibility index (Phi) is 13.6. The number of carboxylic acids is 2. The van der Waals surface area contributed by atoms with Crippen molar-refractivity contribution in [2.75, 3.05) is 4.90 Å². The predicted octanol–water partition coefficient (Wildman–Crippen LogP) is 14.2. The summed E-state index contributed by atoms with van der Waals surface area (Å²) in [5.41, 5.74) is 11.8. The Bertz CT molecular complexity index is 3170. The number of hydrogen-bond donors (Lipinski definition) is 2. The highest BCUT2D eigenvalue weighted by Gasteiger charge is 2.14. The fourth-order valence-electron chi connectivity index (χ4n) is 7.52. The van der Waals surface area contributed by atoms with Gasteiger partial charge in [-0.1, -0.05) is 176 Å². The van der Waals surface area contributed by atoms with Crippen LogP contribution < -0.4 is 4.90 Å². The van der Waals surface area contributed by atoms with Crippen molar-refractivity contribution in [3.63, 3.8) is 0 Å². The number of carbonyl (C=O) groups is 2. The highest BCUT2D eigenvalue weighted by Crippen LogP contribution is 2.36. The van der Waals surface area contributed by atoms with E-state index in [0.717, 1.165) is 61.6 Å². The van der Waals surface area contributed by atoms with Crippen molar-refractivity contribution < 1.29 is 19.8 Å². The molecule has 0 heterocycles. The number of anilines is 3. The average molecular weight is 868 g/mol. The van der Waals surface area contributed by atoms with Crippen LogP contribution in [0.4, 0.5) is 17.1 Å². The molecule has 7 nitrogen and oxygen atoms in total. The summed E-state index contributed by atoms with van der Waals surface area (Å²) in [6.45, 7) is 0. The first-order valence-corrected chi connectivity index (χ1v) is 21.4. The Labute approximate surface area is 389 Å². The molecule has 0 atom stereocenters. The zero-order valence-electron chi connectivity index (χ0n) is 36.1. The van der Waals surface area contributed by atoms with E-state index in [1.54, 1.807) is 36.4 Å². The van der Waals surface area contributed by atoms with Gasteiger partial charge in [-0.05, 0) is 127 Å². The lowest BCUT2D eigenvalue weighted by molar-refractivity contribution is -0.133. The summed E-state index contributed by atoms with van der Waals surface area (Å²) >= 11 is 0. The molecule has 7 heteroatoms.